The molecule has 0 heterocycles. The average Bonchev–Trinajstić information content (AvgIpc) is 2.38. The third-order valence-electron chi connectivity index (χ3n) is 2.82. The van der Waals surface area contributed by atoms with Gasteiger partial charge in [-0.05, 0) is 32.9 Å². The Morgan fingerprint density at radius 3 is 2.70 bits per heavy atom. The van der Waals surface area contributed by atoms with Gasteiger partial charge < -0.3 is 20.1 Å². The lowest BCUT2D eigenvalue weighted by Crippen LogP contribution is -2.26. The van der Waals surface area contributed by atoms with Crippen molar-refractivity contribution >= 4 is 17.3 Å². The Morgan fingerprint density at radius 1 is 1.40 bits per heavy atom. The minimum atomic E-state index is -0.355. The lowest BCUT2D eigenvalue weighted by Gasteiger charge is -2.24. The molecule has 0 unspecified atom stereocenters. The van der Waals surface area contributed by atoms with Gasteiger partial charge in [0.1, 0.15) is 0 Å². The summed E-state index contributed by atoms with van der Waals surface area (Å²) in [5.41, 5.74) is 7.73. The number of likely N-dealkylation sites (N-methyl/N-ethyl adjacent to an activating group) is 1. The summed E-state index contributed by atoms with van der Waals surface area (Å²) < 4.78 is 10.6. The number of para-hydroxylation sites is 1. The largest absolute Gasteiger partial charge is 0.462 e. The van der Waals surface area contributed by atoms with Gasteiger partial charge in [0.15, 0.2) is 0 Å². The molecule has 1 aromatic carbocycles. The number of esters is 1. The fourth-order valence-electron chi connectivity index (χ4n) is 1.90. The van der Waals surface area contributed by atoms with Crippen LogP contribution in [0.25, 0.3) is 0 Å². The maximum Gasteiger partial charge on any atom is 0.340 e. The number of hydrogen-bond donors (Lipinski definition) is 1. The highest BCUT2D eigenvalue weighted by molar-refractivity contribution is 5.99. The molecule has 2 N–H and O–H groups in total. The van der Waals surface area contributed by atoms with Gasteiger partial charge in [-0.2, -0.15) is 0 Å². The second kappa shape index (κ2) is 7.75. The first-order valence-electron chi connectivity index (χ1n) is 6.85. The summed E-state index contributed by atoms with van der Waals surface area (Å²) in [6.07, 6.45) is 0.182. The predicted molar refractivity (Wildman–Crippen MR) is 81.2 cm³/mol. The molecule has 0 aliphatic rings. The zero-order valence-corrected chi connectivity index (χ0v) is 12.7. The van der Waals surface area contributed by atoms with Crippen LogP contribution in [0.3, 0.4) is 0 Å². The van der Waals surface area contributed by atoms with E-state index in [1.165, 1.54) is 0 Å². The third kappa shape index (κ3) is 4.42. The van der Waals surface area contributed by atoms with Crippen LogP contribution in [-0.2, 0) is 9.47 Å². The maximum atomic E-state index is 12.0. The summed E-state index contributed by atoms with van der Waals surface area (Å²) in [5, 5.41) is 0. The van der Waals surface area contributed by atoms with E-state index in [0.29, 0.717) is 36.7 Å². The fraction of sp³-hybridized carbons (Fsp3) is 0.533. The van der Waals surface area contributed by atoms with E-state index in [1.54, 1.807) is 25.1 Å². The molecule has 1 rings (SSSR count). The standard InChI is InChI=1S/C15H24N2O3/c1-5-19-15(18)12-7-6-8-13(16)14(12)17(4)9-10-20-11(2)3/h6-8,11H,5,9-10,16H2,1-4H3. The molecular formula is C15H24N2O3. The molecule has 0 fully saturated rings. The minimum Gasteiger partial charge on any atom is -0.462 e. The molecule has 0 aliphatic heterocycles. The summed E-state index contributed by atoms with van der Waals surface area (Å²) in [7, 11) is 1.89. The number of nitrogens with zero attached hydrogens (tertiary/aromatic N) is 1. The molecule has 112 valence electrons. The minimum absolute atomic E-state index is 0.182. The lowest BCUT2D eigenvalue weighted by atomic mass is 10.1. The lowest BCUT2D eigenvalue weighted by molar-refractivity contribution is 0.0526. The smallest absolute Gasteiger partial charge is 0.340 e. The van der Waals surface area contributed by atoms with Crippen LogP contribution in [-0.4, -0.2) is 38.9 Å². The molecule has 0 saturated carbocycles. The van der Waals surface area contributed by atoms with Crippen molar-refractivity contribution in [1.82, 2.24) is 0 Å². The molecule has 5 heteroatoms. The van der Waals surface area contributed by atoms with Crippen LogP contribution in [0.1, 0.15) is 31.1 Å². The molecule has 0 saturated heterocycles. The molecule has 0 atom stereocenters. The van der Waals surface area contributed by atoms with Crippen molar-refractivity contribution in [2.24, 2.45) is 0 Å². The molecule has 0 aromatic heterocycles. The Labute approximate surface area is 120 Å². The highest BCUT2D eigenvalue weighted by Gasteiger charge is 2.17. The molecule has 1 aromatic rings. The highest BCUT2D eigenvalue weighted by Crippen LogP contribution is 2.27. The number of benzene rings is 1. The van der Waals surface area contributed by atoms with Crippen molar-refractivity contribution < 1.29 is 14.3 Å². The van der Waals surface area contributed by atoms with Gasteiger partial charge in [-0.3, -0.25) is 0 Å². The molecule has 20 heavy (non-hydrogen) atoms. The second-order valence-electron chi connectivity index (χ2n) is 4.80. The maximum absolute atomic E-state index is 12.0. The number of rotatable bonds is 7. The molecular weight excluding hydrogens is 256 g/mol. The molecule has 0 radical (unpaired) electrons. The van der Waals surface area contributed by atoms with E-state index in [-0.39, 0.29) is 12.1 Å². The summed E-state index contributed by atoms with van der Waals surface area (Å²) in [4.78, 5) is 13.9. The van der Waals surface area contributed by atoms with E-state index in [2.05, 4.69) is 0 Å². The third-order valence-corrected chi connectivity index (χ3v) is 2.82. The Balaban J connectivity index is 2.88. The summed E-state index contributed by atoms with van der Waals surface area (Å²) in [5.74, 6) is -0.355. The van der Waals surface area contributed by atoms with Crippen molar-refractivity contribution in [2.75, 3.05) is 37.4 Å². The number of hydrogen-bond acceptors (Lipinski definition) is 5. The van der Waals surface area contributed by atoms with Crippen LogP contribution >= 0.6 is 0 Å². The SMILES string of the molecule is CCOC(=O)c1cccc(N)c1N(C)CCOC(C)C. The Morgan fingerprint density at radius 2 is 2.10 bits per heavy atom. The number of carbonyl (C=O) groups excluding carboxylic acids is 1. The first-order valence-corrected chi connectivity index (χ1v) is 6.85. The van der Waals surface area contributed by atoms with Gasteiger partial charge >= 0.3 is 5.97 Å². The topological polar surface area (TPSA) is 64.8 Å². The summed E-state index contributed by atoms with van der Waals surface area (Å²) in [6, 6.07) is 5.25. The average molecular weight is 280 g/mol. The van der Waals surface area contributed by atoms with E-state index < -0.39 is 0 Å². The van der Waals surface area contributed by atoms with Crippen molar-refractivity contribution in [1.29, 1.82) is 0 Å². The first-order chi connectivity index (χ1) is 9.47. The van der Waals surface area contributed by atoms with Crippen molar-refractivity contribution in [3.63, 3.8) is 0 Å². The summed E-state index contributed by atoms with van der Waals surface area (Å²) >= 11 is 0. The summed E-state index contributed by atoms with van der Waals surface area (Å²) in [6.45, 7) is 7.32. The Hall–Kier alpha value is -1.75. The zero-order chi connectivity index (χ0) is 15.1. The van der Waals surface area contributed by atoms with Gasteiger partial charge in [0.05, 0.1) is 36.3 Å². The van der Waals surface area contributed by atoms with Crippen LogP contribution in [0.5, 0.6) is 0 Å². The van der Waals surface area contributed by atoms with Gasteiger partial charge in [0.2, 0.25) is 0 Å². The van der Waals surface area contributed by atoms with E-state index in [9.17, 15) is 4.79 Å². The Bertz CT molecular complexity index is 447. The van der Waals surface area contributed by atoms with Crippen LogP contribution < -0.4 is 10.6 Å². The van der Waals surface area contributed by atoms with Gasteiger partial charge in [0, 0.05) is 13.6 Å². The fourth-order valence-corrected chi connectivity index (χ4v) is 1.90. The van der Waals surface area contributed by atoms with E-state index >= 15 is 0 Å². The number of anilines is 2. The second-order valence-corrected chi connectivity index (χ2v) is 4.80. The predicted octanol–water partition coefficient (Wildman–Crippen LogP) is 2.31. The zero-order valence-electron chi connectivity index (χ0n) is 12.7. The van der Waals surface area contributed by atoms with Gasteiger partial charge in [-0.1, -0.05) is 6.07 Å². The molecule has 0 bridgehead atoms. The van der Waals surface area contributed by atoms with Gasteiger partial charge in [-0.25, -0.2) is 4.79 Å². The van der Waals surface area contributed by atoms with Crippen molar-refractivity contribution in [3.8, 4) is 0 Å². The van der Waals surface area contributed by atoms with E-state index in [0.717, 1.165) is 0 Å². The monoisotopic (exact) mass is 280 g/mol. The van der Waals surface area contributed by atoms with Crippen LogP contribution in [0.4, 0.5) is 11.4 Å². The molecule has 0 aliphatic carbocycles. The van der Waals surface area contributed by atoms with Crippen molar-refractivity contribution in [3.05, 3.63) is 23.8 Å². The number of nitrogen functional groups attached to an aromatic ring is 1. The first kappa shape index (κ1) is 16.3. The van der Waals surface area contributed by atoms with Gasteiger partial charge in [0.25, 0.3) is 0 Å². The van der Waals surface area contributed by atoms with Crippen LogP contribution in [0.15, 0.2) is 18.2 Å². The molecule has 0 spiro atoms. The number of carbonyl (C=O) groups is 1. The van der Waals surface area contributed by atoms with E-state index in [1.807, 2.05) is 25.8 Å². The molecule has 0 amide bonds. The Kier molecular flexibility index (Phi) is 6.31. The number of ether oxygens (including phenoxy) is 2. The number of nitrogens with two attached hydrogens (primary N) is 1. The van der Waals surface area contributed by atoms with Gasteiger partial charge in [-0.15, -0.1) is 0 Å². The quantitative estimate of drug-likeness (QED) is 0.613. The normalized spacial score (nSPS) is 10.7. The van der Waals surface area contributed by atoms with Crippen LogP contribution in [0.2, 0.25) is 0 Å². The van der Waals surface area contributed by atoms with Crippen LogP contribution in [0, 0.1) is 0 Å². The highest BCUT2D eigenvalue weighted by atomic mass is 16.5. The van der Waals surface area contributed by atoms with E-state index in [4.69, 9.17) is 15.2 Å². The molecule has 5 nitrogen and oxygen atoms in total. The van der Waals surface area contributed by atoms with Crippen molar-refractivity contribution in [2.45, 2.75) is 26.9 Å².